The van der Waals surface area contributed by atoms with Gasteiger partial charge in [0.25, 0.3) is 20.2 Å². The average molecular weight is 790 g/mol. The van der Waals surface area contributed by atoms with Crippen LogP contribution < -0.4 is 14.4 Å². The second kappa shape index (κ2) is 16.3. The van der Waals surface area contributed by atoms with Crippen LogP contribution in [0, 0.1) is 5.92 Å². The Morgan fingerprint density at radius 3 is 2.13 bits per heavy atom. The van der Waals surface area contributed by atoms with Crippen LogP contribution in [-0.2, 0) is 31.1 Å². The van der Waals surface area contributed by atoms with Crippen molar-refractivity contribution in [1.82, 2.24) is 0 Å². The molecule has 0 fully saturated rings. The predicted molar refractivity (Wildman–Crippen MR) is 213 cm³/mol. The van der Waals surface area contributed by atoms with Gasteiger partial charge >= 0.3 is 0 Å². The first-order chi connectivity index (χ1) is 24.9. The van der Waals surface area contributed by atoms with Gasteiger partial charge in [-0.3, -0.25) is 9.11 Å². The molecule has 2 heterocycles. The minimum Gasteiger partial charge on any atom is -0.497 e. The van der Waals surface area contributed by atoms with Crippen LogP contribution in [0.3, 0.4) is 0 Å². The van der Waals surface area contributed by atoms with E-state index in [1.807, 2.05) is 18.2 Å². The molecule has 1 aliphatic carbocycles. The number of unbranched alkanes of at least 4 members (excludes halogenated alkanes) is 2. The fraction of sp³-hybridized carbons (Fsp3) is 0.525. The minimum absolute atomic E-state index is 0.0135. The van der Waals surface area contributed by atoms with Crippen LogP contribution in [0.4, 0.5) is 11.4 Å². The van der Waals surface area contributed by atoms with E-state index in [2.05, 4.69) is 79.7 Å². The molecule has 0 bridgehead atoms. The van der Waals surface area contributed by atoms with Crippen LogP contribution in [0.5, 0.6) is 11.5 Å². The van der Waals surface area contributed by atoms with Gasteiger partial charge in [0.15, 0.2) is 5.71 Å². The van der Waals surface area contributed by atoms with E-state index < -0.39 is 20.2 Å². The number of anilines is 1. The SMILES string of the molecule is COc1ccc2c(c1)C(C)(C)C(/C=C/C1=C(Cl)C(/C=C/C3N(CCCCS(=O)(=O)O)c4ccc(OC)cc4C3(C)C)CCC1)=[N+]2CCCCS(=O)(=O)O. The number of rotatable bonds is 16. The van der Waals surface area contributed by atoms with Crippen molar-refractivity contribution in [2.45, 2.75) is 89.5 Å². The smallest absolute Gasteiger partial charge is 0.264 e. The highest BCUT2D eigenvalue weighted by Gasteiger charge is 2.45. The molecule has 2 N–H and O–H groups in total. The molecule has 290 valence electrons. The van der Waals surface area contributed by atoms with Gasteiger partial charge in [-0.2, -0.15) is 21.4 Å². The number of methoxy groups -OCH3 is 2. The summed E-state index contributed by atoms with van der Waals surface area (Å²) in [5, 5.41) is 0.814. The normalized spacial score (nSPS) is 21.2. The molecule has 2 atom stereocenters. The Hall–Kier alpha value is -3.16. The fourth-order valence-electron chi connectivity index (χ4n) is 8.11. The maximum Gasteiger partial charge on any atom is 0.264 e. The maximum atomic E-state index is 11.4. The van der Waals surface area contributed by atoms with Gasteiger partial charge < -0.3 is 14.4 Å². The molecule has 5 rings (SSSR count). The van der Waals surface area contributed by atoms with Crippen molar-refractivity contribution < 1.29 is 40.0 Å². The Kier molecular flexibility index (Phi) is 12.6. The molecule has 2 aliphatic heterocycles. The summed E-state index contributed by atoms with van der Waals surface area (Å²) in [5.74, 6) is 1.04. The first-order valence-electron chi connectivity index (χ1n) is 18.3. The Morgan fingerprint density at radius 1 is 0.868 bits per heavy atom. The lowest BCUT2D eigenvalue weighted by Gasteiger charge is -2.33. The molecule has 13 heteroatoms. The highest BCUT2D eigenvalue weighted by molar-refractivity contribution is 7.86. The molecule has 0 spiro atoms. The molecule has 10 nitrogen and oxygen atoms in total. The lowest BCUT2D eigenvalue weighted by molar-refractivity contribution is -0.438. The van der Waals surface area contributed by atoms with Gasteiger partial charge in [0.2, 0.25) is 5.69 Å². The van der Waals surface area contributed by atoms with Gasteiger partial charge in [-0.25, -0.2) is 0 Å². The van der Waals surface area contributed by atoms with Crippen LogP contribution in [0.1, 0.15) is 83.8 Å². The Morgan fingerprint density at radius 2 is 1.49 bits per heavy atom. The number of halogens is 1. The monoisotopic (exact) mass is 789 g/mol. The number of benzene rings is 2. The lowest BCUT2D eigenvalue weighted by atomic mass is 9.79. The molecule has 2 aromatic carbocycles. The summed E-state index contributed by atoms with van der Waals surface area (Å²) in [6.45, 7) is 10.0. The quantitative estimate of drug-likeness (QED) is 0.0752. The van der Waals surface area contributed by atoms with E-state index in [-0.39, 0.29) is 34.3 Å². The topological polar surface area (TPSA) is 133 Å². The highest BCUT2D eigenvalue weighted by atomic mass is 35.5. The number of ether oxygens (including phenoxy) is 2. The van der Waals surface area contributed by atoms with Crippen LogP contribution in [0.2, 0.25) is 0 Å². The standard InChI is InChI=1S/C40H53ClN2O8S2/c1-39(2)32-26-30(50-5)16-18-34(32)42(22-7-9-24-52(44,45)46)36(39)20-14-28-12-11-13-29(38(28)41)15-21-37-40(3,4)33-27-31(51-6)17-19-35(33)43(37)23-8-10-25-53(47,48)49/h14-21,26-28,36H,7-13,22-25H2,1-6H3,(H-,44,45,46,47,48,49)/p+1/b20-14+,21-15+. The Bertz CT molecular complexity index is 2030. The molecule has 2 unspecified atom stereocenters. The molecule has 0 saturated carbocycles. The summed E-state index contributed by atoms with van der Waals surface area (Å²) in [6.07, 6.45) is 13.4. The van der Waals surface area contributed by atoms with Gasteiger partial charge in [-0.15, -0.1) is 0 Å². The molecule has 0 aromatic heterocycles. The van der Waals surface area contributed by atoms with Gasteiger partial charge in [0, 0.05) is 52.7 Å². The summed E-state index contributed by atoms with van der Waals surface area (Å²) < 4.78 is 77.4. The van der Waals surface area contributed by atoms with Crippen molar-refractivity contribution in [3.05, 3.63) is 82.4 Å². The first kappa shape index (κ1) is 41.0. The van der Waals surface area contributed by atoms with E-state index >= 15 is 0 Å². The van der Waals surface area contributed by atoms with E-state index in [1.54, 1.807) is 14.2 Å². The zero-order chi connectivity index (χ0) is 38.8. The van der Waals surface area contributed by atoms with E-state index in [0.717, 1.165) is 69.6 Å². The molecular weight excluding hydrogens is 736 g/mol. The van der Waals surface area contributed by atoms with Crippen molar-refractivity contribution in [3.63, 3.8) is 0 Å². The summed E-state index contributed by atoms with van der Waals surface area (Å²) in [4.78, 5) is 2.33. The fourth-order valence-corrected chi connectivity index (χ4v) is 9.59. The summed E-state index contributed by atoms with van der Waals surface area (Å²) in [6, 6.07) is 12.1. The molecule has 2 aromatic rings. The van der Waals surface area contributed by atoms with Crippen molar-refractivity contribution in [2.24, 2.45) is 5.92 Å². The Balaban J connectivity index is 1.42. The van der Waals surface area contributed by atoms with Crippen LogP contribution in [0.25, 0.3) is 0 Å². The number of hydrogen-bond donors (Lipinski definition) is 2. The molecule has 53 heavy (non-hydrogen) atoms. The van der Waals surface area contributed by atoms with E-state index in [9.17, 15) is 25.9 Å². The third-order valence-corrected chi connectivity index (χ3v) is 13.2. The molecule has 0 amide bonds. The molecule has 3 aliphatic rings. The largest absolute Gasteiger partial charge is 0.497 e. The van der Waals surface area contributed by atoms with Crippen molar-refractivity contribution in [2.75, 3.05) is 43.7 Å². The number of fused-ring (bicyclic) bond motifs is 2. The van der Waals surface area contributed by atoms with Gasteiger partial charge in [0.1, 0.15) is 18.0 Å². The Labute approximate surface area is 320 Å². The molecular formula is C40H54ClN2O8S2+. The summed E-state index contributed by atoms with van der Waals surface area (Å²) >= 11 is 7.23. The number of nitrogens with zero attached hydrogens (tertiary/aromatic N) is 2. The lowest BCUT2D eigenvalue weighted by Crippen LogP contribution is -2.40. The number of hydrogen-bond acceptors (Lipinski definition) is 7. The van der Waals surface area contributed by atoms with Crippen molar-refractivity contribution in [1.29, 1.82) is 0 Å². The predicted octanol–water partition coefficient (Wildman–Crippen LogP) is 7.99. The van der Waals surface area contributed by atoms with E-state index in [4.69, 9.17) is 21.1 Å². The van der Waals surface area contributed by atoms with Gasteiger partial charge in [0.05, 0.1) is 37.2 Å². The number of allylic oxidation sites excluding steroid dienone is 5. The highest BCUT2D eigenvalue weighted by Crippen LogP contribution is 2.48. The maximum absolute atomic E-state index is 11.4. The zero-order valence-electron chi connectivity index (χ0n) is 31.6. The third-order valence-electron chi connectivity index (χ3n) is 11.0. The average Bonchev–Trinajstić information content (AvgIpc) is 3.43. The minimum atomic E-state index is -4.03. The second-order valence-electron chi connectivity index (χ2n) is 15.4. The molecule has 0 radical (unpaired) electrons. The van der Waals surface area contributed by atoms with Crippen molar-refractivity contribution >= 4 is 48.9 Å². The van der Waals surface area contributed by atoms with Crippen LogP contribution in [-0.4, -0.2) is 81.1 Å². The van der Waals surface area contributed by atoms with Crippen molar-refractivity contribution in [3.8, 4) is 11.5 Å². The zero-order valence-corrected chi connectivity index (χ0v) is 34.0. The first-order valence-corrected chi connectivity index (χ1v) is 21.9. The van der Waals surface area contributed by atoms with Crippen LogP contribution >= 0.6 is 11.6 Å². The third kappa shape index (κ3) is 9.39. The van der Waals surface area contributed by atoms with Crippen LogP contribution in [0.15, 0.2) is 71.3 Å². The van der Waals surface area contributed by atoms with Gasteiger partial charge in [-0.05, 0) is 93.8 Å². The van der Waals surface area contributed by atoms with Gasteiger partial charge in [-0.1, -0.05) is 43.7 Å². The summed E-state index contributed by atoms with van der Waals surface area (Å²) in [7, 11) is -4.74. The van der Waals surface area contributed by atoms with E-state index in [1.165, 1.54) is 0 Å². The molecule has 0 saturated heterocycles. The summed E-state index contributed by atoms with van der Waals surface area (Å²) in [5.41, 5.74) is 5.94. The van der Waals surface area contributed by atoms with E-state index in [0.29, 0.717) is 38.8 Å². The second-order valence-corrected chi connectivity index (χ2v) is 18.9.